The first kappa shape index (κ1) is 13.3. The third-order valence-corrected chi connectivity index (χ3v) is 4.46. The first-order valence-electron chi connectivity index (χ1n) is 7.20. The summed E-state index contributed by atoms with van der Waals surface area (Å²) in [6, 6.07) is 19.7. The van der Waals surface area contributed by atoms with Gasteiger partial charge in [-0.15, -0.1) is 0 Å². The smallest absolute Gasteiger partial charge is 0.194 e. The summed E-state index contributed by atoms with van der Waals surface area (Å²) in [4.78, 5) is 12.6. The molecule has 0 spiro atoms. The highest BCUT2D eigenvalue weighted by molar-refractivity contribution is 6.30. The molecule has 0 aromatic heterocycles. The molecule has 0 fully saturated rings. The molecule has 1 aliphatic carbocycles. The van der Waals surface area contributed by atoms with E-state index < -0.39 is 0 Å². The van der Waals surface area contributed by atoms with Crippen LogP contribution in [0.3, 0.4) is 0 Å². The van der Waals surface area contributed by atoms with Crippen LogP contribution in [0.15, 0.2) is 60.7 Å². The molecule has 4 rings (SSSR count). The fourth-order valence-corrected chi connectivity index (χ4v) is 3.37. The molecule has 3 aromatic rings. The van der Waals surface area contributed by atoms with Crippen LogP contribution in [-0.4, -0.2) is 5.78 Å². The molecule has 0 amide bonds. The molecule has 106 valence electrons. The zero-order valence-corrected chi connectivity index (χ0v) is 12.8. The van der Waals surface area contributed by atoms with Crippen LogP contribution in [0.1, 0.15) is 21.5 Å². The molecule has 0 radical (unpaired) electrons. The molecular weight excluding hydrogens is 292 g/mol. The largest absolute Gasteiger partial charge is 0.289 e. The number of halogens is 1. The molecule has 22 heavy (non-hydrogen) atoms. The molecular formula is C20H13ClO. The first-order valence-corrected chi connectivity index (χ1v) is 7.57. The summed E-state index contributed by atoms with van der Waals surface area (Å²) in [5, 5.41) is 0.728. The van der Waals surface area contributed by atoms with Crippen molar-refractivity contribution in [3.63, 3.8) is 0 Å². The van der Waals surface area contributed by atoms with E-state index >= 15 is 0 Å². The molecule has 1 aliphatic rings. The van der Waals surface area contributed by atoms with Gasteiger partial charge in [-0.1, -0.05) is 54.1 Å². The molecule has 0 unspecified atom stereocenters. The molecule has 0 N–H and O–H groups in total. The van der Waals surface area contributed by atoms with Crippen LogP contribution in [0.5, 0.6) is 0 Å². The number of rotatable bonds is 1. The zero-order chi connectivity index (χ0) is 15.3. The number of ketones is 1. The topological polar surface area (TPSA) is 17.1 Å². The van der Waals surface area contributed by atoms with Gasteiger partial charge in [0.1, 0.15) is 0 Å². The van der Waals surface area contributed by atoms with E-state index in [1.807, 2.05) is 61.5 Å². The second-order valence-electron chi connectivity index (χ2n) is 5.59. The summed E-state index contributed by atoms with van der Waals surface area (Å²) in [5.41, 5.74) is 6.90. The Morgan fingerprint density at radius 1 is 0.727 bits per heavy atom. The molecule has 0 bridgehead atoms. The second kappa shape index (κ2) is 4.82. The van der Waals surface area contributed by atoms with Crippen molar-refractivity contribution in [3.8, 4) is 22.3 Å². The average molecular weight is 305 g/mol. The Labute approximate surface area is 134 Å². The van der Waals surface area contributed by atoms with Crippen LogP contribution in [0.2, 0.25) is 5.02 Å². The van der Waals surface area contributed by atoms with Crippen LogP contribution < -0.4 is 0 Å². The van der Waals surface area contributed by atoms with Crippen LogP contribution >= 0.6 is 11.6 Å². The van der Waals surface area contributed by atoms with Crippen molar-refractivity contribution in [1.29, 1.82) is 0 Å². The van der Waals surface area contributed by atoms with E-state index in [1.54, 1.807) is 0 Å². The minimum absolute atomic E-state index is 0.110. The van der Waals surface area contributed by atoms with Crippen molar-refractivity contribution in [2.24, 2.45) is 0 Å². The molecule has 0 heterocycles. The summed E-state index contributed by atoms with van der Waals surface area (Å²) >= 11 is 6.03. The first-order chi connectivity index (χ1) is 10.6. The molecule has 0 aliphatic heterocycles. The molecule has 0 saturated heterocycles. The number of carbonyl (C=O) groups excluding carboxylic acids is 1. The lowest BCUT2D eigenvalue weighted by Gasteiger charge is -2.08. The molecule has 3 aromatic carbocycles. The Morgan fingerprint density at radius 2 is 1.41 bits per heavy atom. The van der Waals surface area contributed by atoms with E-state index in [1.165, 1.54) is 0 Å². The fourth-order valence-electron chi connectivity index (χ4n) is 3.15. The van der Waals surface area contributed by atoms with Gasteiger partial charge in [-0.25, -0.2) is 0 Å². The van der Waals surface area contributed by atoms with Crippen LogP contribution in [0, 0.1) is 6.92 Å². The van der Waals surface area contributed by atoms with E-state index in [0.717, 1.165) is 44.0 Å². The molecule has 0 atom stereocenters. The standard InChI is InChI=1S/C20H13ClO/c1-12-10-14(21)7-9-15(12)13-6-8-17-16-4-2-3-5-18(16)20(22)19(17)11-13/h2-11H,1H3. The van der Waals surface area contributed by atoms with Gasteiger partial charge in [0.25, 0.3) is 0 Å². The van der Waals surface area contributed by atoms with Gasteiger partial charge in [0.05, 0.1) is 0 Å². The normalized spacial score (nSPS) is 12.2. The van der Waals surface area contributed by atoms with Gasteiger partial charge >= 0.3 is 0 Å². The Hall–Kier alpha value is -2.38. The molecule has 1 nitrogen and oxygen atoms in total. The summed E-state index contributed by atoms with van der Waals surface area (Å²) in [6.07, 6.45) is 0. The summed E-state index contributed by atoms with van der Waals surface area (Å²) in [6.45, 7) is 2.03. The maximum Gasteiger partial charge on any atom is 0.194 e. The van der Waals surface area contributed by atoms with Crippen molar-refractivity contribution in [2.75, 3.05) is 0 Å². The van der Waals surface area contributed by atoms with E-state index in [4.69, 9.17) is 11.6 Å². The lowest BCUT2D eigenvalue weighted by Crippen LogP contribution is -1.95. The number of carbonyl (C=O) groups is 1. The van der Waals surface area contributed by atoms with Gasteiger partial charge < -0.3 is 0 Å². The van der Waals surface area contributed by atoms with Crippen molar-refractivity contribution in [3.05, 3.63) is 82.4 Å². The maximum atomic E-state index is 12.6. The highest BCUT2D eigenvalue weighted by Crippen LogP contribution is 2.39. The van der Waals surface area contributed by atoms with Crippen molar-refractivity contribution in [2.45, 2.75) is 6.92 Å². The van der Waals surface area contributed by atoms with Crippen molar-refractivity contribution in [1.82, 2.24) is 0 Å². The highest BCUT2D eigenvalue weighted by Gasteiger charge is 2.26. The lowest BCUT2D eigenvalue weighted by molar-refractivity contribution is 0.104. The minimum atomic E-state index is 0.110. The van der Waals surface area contributed by atoms with Gasteiger partial charge in [0.15, 0.2) is 5.78 Å². The minimum Gasteiger partial charge on any atom is -0.289 e. The van der Waals surface area contributed by atoms with Gasteiger partial charge in [-0.2, -0.15) is 0 Å². The third kappa shape index (κ3) is 1.90. The van der Waals surface area contributed by atoms with Crippen molar-refractivity contribution >= 4 is 17.4 Å². The molecule has 0 saturated carbocycles. The number of aryl methyl sites for hydroxylation is 1. The van der Waals surface area contributed by atoms with E-state index in [-0.39, 0.29) is 5.78 Å². The average Bonchev–Trinajstić information content (AvgIpc) is 2.81. The van der Waals surface area contributed by atoms with Gasteiger partial charge in [0.2, 0.25) is 0 Å². The predicted molar refractivity (Wildman–Crippen MR) is 90.5 cm³/mol. The predicted octanol–water partition coefficient (Wildman–Crippen LogP) is 5.53. The third-order valence-electron chi connectivity index (χ3n) is 4.23. The monoisotopic (exact) mass is 304 g/mol. The zero-order valence-electron chi connectivity index (χ0n) is 12.1. The molecule has 2 heteroatoms. The number of hydrogen-bond donors (Lipinski definition) is 0. The SMILES string of the molecule is Cc1cc(Cl)ccc1-c1ccc2c(c1)C(=O)c1ccccc1-2. The maximum absolute atomic E-state index is 12.6. The highest BCUT2D eigenvalue weighted by atomic mass is 35.5. The van der Waals surface area contributed by atoms with E-state index in [2.05, 4.69) is 6.07 Å². The Bertz CT molecular complexity index is 925. The van der Waals surface area contributed by atoms with E-state index in [9.17, 15) is 4.79 Å². The van der Waals surface area contributed by atoms with Crippen LogP contribution in [-0.2, 0) is 0 Å². The van der Waals surface area contributed by atoms with E-state index in [0.29, 0.717) is 0 Å². The van der Waals surface area contributed by atoms with Gasteiger partial charge in [0, 0.05) is 16.1 Å². The second-order valence-corrected chi connectivity index (χ2v) is 6.03. The number of fused-ring (bicyclic) bond motifs is 3. The Balaban J connectivity index is 1.89. The summed E-state index contributed by atoms with van der Waals surface area (Å²) < 4.78 is 0. The number of benzene rings is 3. The fraction of sp³-hybridized carbons (Fsp3) is 0.0500. The Kier molecular flexibility index (Phi) is 2.91. The summed E-state index contributed by atoms with van der Waals surface area (Å²) in [5.74, 6) is 0.110. The number of hydrogen-bond acceptors (Lipinski definition) is 1. The van der Waals surface area contributed by atoms with Crippen LogP contribution in [0.4, 0.5) is 0 Å². The van der Waals surface area contributed by atoms with Gasteiger partial charge in [-0.05, 0) is 52.9 Å². The Morgan fingerprint density at radius 3 is 2.18 bits per heavy atom. The van der Waals surface area contributed by atoms with Gasteiger partial charge in [-0.3, -0.25) is 4.79 Å². The summed E-state index contributed by atoms with van der Waals surface area (Å²) in [7, 11) is 0. The van der Waals surface area contributed by atoms with Crippen molar-refractivity contribution < 1.29 is 4.79 Å². The lowest BCUT2D eigenvalue weighted by atomic mass is 9.96. The quantitative estimate of drug-likeness (QED) is 0.452. The van der Waals surface area contributed by atoms with Crippen LogP contribution in [0.25, 0.3) is 22.3 Å².